The first-order valence-electron chi connectivity index (χ1n) is 9.45. The van der Waals surface area contributed by atoms with Crippen LogP contribution in [0.5, 0.6) is 0 Å². The van der Waals surface area contributed by atoms with Gasteiger partial charge in [-0.2, -0.15) is 0 Å². The molecule has 2 heterocycles. The van der Waals surface area contributed by atoms with E-state index in [1.807, 2.05) is 63.2 Å². The number of hydrogen-bond acceptors (Lipinski definition) is 4. The van der Waals surface area contributed by atoms with Crippen LogP contribution in [0.2, 0.25) is 5.15 Å². The van der Waals surface area contributed by atoms with Crippen LogP contribution < -0.4 is 10.7 Å². The molecule has 0 aliphatic rings. The highest BCUT2D eigenvalue weighted by Gasteiger charge is 2.18. The number of aryl methyl sites for hydroxylation is 1. The average Bonchev–Trinajstić information content (AvgIpc) is 2.72. The summed E-state index contributed by atoms with van der Waals surface area (Å²) in [7, 11) is 0. The highest BCUT2D eigenvalue weighted by atomic mass is 35.5. The fourth-order valence-electron chi connectivity index (χ4n) is 3.54. The van der Waals surface area contributed by atoms with Crippen molar-refractivity contribution in [3.05, 3.63) is 92.9 Å². The highest BCUT2D eigenvalue weighted by Crippen LogP contribution is 2.32. The third-order valence-electron chi connectivity index (χ3n) is 5.00. The van der Waals surface area contributed by atoms with Crippen LogP contribution >= 0.6 is 11.6 Å². The standard InChI is InChI=1S/C24H21ClN2O2/c1-14-11-19(16(3)27-18-9-10-21(25)26-13-18)24-20(12-14)22(28)15(2)23(29-24)17-7-5-4-6-8-17/h4-13,16,27H,1-3H3. The van der Waals surface area contributed by atoms with Gasteiger partial charge in [0.2, 0.25) is 0 Å². The number of nitrogens with one attached hydrogen (secondary N) is 1. The Balaban J connectivity index is 1.88. The molecule has 4 nitrogen and oxygen atoms in total. The molecule has 0 saturated heterocycles. The van der Waals surface area contributed by atoms with Crippen molar-refractivity contribution < 1.29 is 4.42 Å². The Morgan fingerprint density at radius 2 is 1.83 bits per heavy atom. The van der Waals surface area contributed by atoms with Crippen molar-refractivity contribution in [3.63, 3.8) is 0 Å². The van der Waals surface area contributed by atoms with Gasteiger partial charge in [0, 0.05) is 16.7 Å². The van der Waals surface area contributed by atoms with Gasteiger partial charge in [-0.05, 0) is 44.5 Å². The van der Waals surface area contributed by atoms with Gasteiger partial charge < -0.3 is 9.73 Å². The van der Waals surface area contributed by atoms with Crippen LogP contribution in [0.4, 0.5) is 5.69 Å². The van der Waals surface area contributed by atoms with Crippen molar-refractivity contribution >= 4 is 28.3 Å². The van der Waals surface area contributed by atoms with Crippen LogP contribution in [0.1, 0.15) is 29.7 Å². The summed E-state index contributed by atoms with van der Waals surface area (Å²) in [5.41, 5.74) is 4.87. The van der Waals surface area contributed by atoms with Crippen molar-refractivity contribution in [1.29, 1.82) is 0 Å². The summed E-state index contributed by atoms with van der Waals surface area (Å²) in [6, 6.07) is 17.2. The van der Waals surface area contributed by atoms with Gasteiger partial charge in [-0.1, -0.05) is 48.0 Å². The lowest BCUT2D eigenvalue weighted by molar-refractivity contribution is 0.605. The van der Waals surface area contributed by atoms with Gasteiger partial charge in [-0.3, -0.25) is 4.79 Å². The van der Waals surface area contributed by atoms with E-state index in [4.69, 9.17) is 16.0 Å². The zero-order valence-electron chi connectivity index (χ0n) is 16.5. The minimum absolute atomic E-state index is 0.00425. The van der Waals surface area contributed by atoms with Crippen LogP contribution in [0.15, 0.2) is 70.0 Å². The quantitative estimate of drug-likeness (QED) is 0.405. The highest BCUT2D eigenvalue weighted by molar-refractivity contribution is 6.29. The van der Waals surface area contributed by atoms with Crippen LogP contribution in [-0.2, 0) is 0 Å². The minimum atomic E-state index is -0.102. The van der Waals surface area contributed by atoms with Crippen LogP contribution in [0, 0.1) is 13.8 Å². The minimum Gasteiger partial charge on any atom is -0.455 e. The molecule has 0 aliphatic carbocycles. The Labute approximate surface area is 174 Å². The SMILES string of the molecule is Cc1cc(C(C)Nc2ccc(Cl)nc2)c2oc(-c3ccccc3)c(C)c(=O)c2c1. The maximum atomic E-state index is 13.1. The molecule has 0 bridgehead atoms. The lowest BCUT2D eigenvalue weighted by Gasteiger charge is -2.18. The van der Waals surface area contributed by atoms with Crippen molar-refractivity contribution in [3.8, 4) is 11.3 Å². The van der Waals surface area contributed by atoms with Crippen molar-refractivity contribution in [2.24, 2.45) is 0 Å². The third-order valence-corrected chi connectivity index (χ3v) is 5.23. The fourth-order valence-corrected chi connectivity index (χ4v) is 3.65. The van der Waals surface area contributed by atoms with Crippen molar-refractivity contribution in [2.75, 3.05) is 5.32 Å². The number of pyridine rings is 1. The summed E-state index contributed by atoms with van der Waals surface area (Å²) in [4.78, 5) is 17.3. The van der Waals surface area contributed by atoms with E-state index in [0.29, 0.717) is 27.4 Å². The molecular formula is C24H21ClN2O2. The molecule has 0 amide bonds. The maximum Gasteiger partial charge on any atom is 0.196 e. The number of fused-ring (bicyclic) bond motifs is 1. The van der Waals surface area contributed by atoms with Crippen LogP contribution in [0.3, 0.4) is 0 Å². The second kappa shape index (κ2) is 7.72. The average molecular weight is 405 g/mol. The first-order chi connectivity index (χ1) is 13.9. The Kier molecular flexibility index (Phi) is 5.12. The van der Waals surface area contributed by atoms with Gasteiger partial charge >= 0.3 is 0 Å². The largest absolute Gasteiger partial charge is 0.455 e. The molecule has 0 fully saturated rings. The molecule has 0 aliphatic heterocycles. The first-order valence-corrected chi connectivity index (χ1v) is 9.83. The van der Waals surface area contributed by atoms with Crippen molar-refractivity contribution in [2.45, 2.75) is 26.8 Å². The summed E-state index contributed by atoms with van der Waals surface area (Å²) in [6.45, 7) is 5.83. The molecule has 5 heteroatoms. The summed E-state index contributed by atoms with van der Waals surface area (Å²) in [6.07, 6.45) is 1.69. The number of rotatable bonds is 4. The van der Waals surface area contributed by atoms with E-state index < -0.39 is 0 Å². The van der Waals surface area contributed by atoms with E-state index >= 15 is 0 Å². The first kappa shape index (κ1) is 19.2. The summed E-state index contributed by atoms with van der Waals surface area (Å²) >= 11 is 5.88. The molecule has 2 aromatic heterocycles. The smallest absolute Gasteiger partial charge is 0.196 e. The molecule has 4 aromatic rings. The molecule has 29 heavy (non-hydrogen) atoms. The lowest BCUT2D eigenvalue weighted by atomic mass is 9.99. The van der Waals surface area contributed by atoms with E-state index in [1.54, 1.807) is 12.3 Å². The lowest BCUT2D eigenvalue weighted by Crippen LogP contribution is -2.12. The predicted octanol–water partition coefficient (Wildman–Crippen LogP) is 6.30. The Bertz CT molecular complexity index is 1230. The summed E-state index contributed by atoms with van der Waals surface area (Å²) < 4.78 is 6.35. The van der Waals surface area contributed by atoms with Gasteiger partial charge in [0.25, 0.3) is 0 Å². The van der Waals surface area contributed by atoms with E-state index in [0.717, 1.165) is 22.4 Å². The normalized spacial score (nSPS) is 12.1. The molecule has 146 valence electrons. The molecule has 0 radical (unpaired) electrons. The maximum absolute atomic E-state index is 13.1. The van der Waals surface area contributed by atoms with E-state index in [2.05, 4.69) is 16.4 Å². The van der Waals surface area contributed by atoms with Crippen LogP contribution in [-0.4, -0.2) is 4.98 Å². The summed E-state index contributed by atoms with van der Waals surface area (Å²) in [5, 5.41) is 4.45. The number of nitrogens with zero attached hydrogens (tertiary/aromatic N) is 1. The van der Waals surface area contributed by atoms with E-state index in [-0.39, 0.29) is 11.5 Å². The molecule has 2 aromatic carbocycles. The van der Waals surface area contributed by atoms with Crippen molar-refractivity contribution in [1.82, 2.24) is 4.98 Å². The monoisotopic (exact) mass is 404 g/mol. The third kappa shape index (κ3) is 3.76. The van der Waals surface area contributed by atoms with E-state index in [9.17, 15) is 4.79 Å². The second-order valence-corrected chi connectivity index (χ2v) is 7.61. The van der Waals surface area contributed by atoms with Gasteiger partial charge in [0.1, 0.15) is 16.5 Å². The molecule has 1 unspecified atom stereocenters. The Morgan fingerprint density at radius 1 is 1.07 bits per heavy atom. The number of aromatic nitrogens is 1. The van der Waals surface area contributed by atoms with Gasteiger partial charge in [0.15, 0.2) is 5.43 Å². The summed E-state index contributed by atoms with van der Waals surface area (Å²) in [5.74, 6) is 0.605. The van der Waals surface area contributed by atoms with Gasteiger partial charge in [-0.15, -0.1) is 0 Å². The predicted molar refractivity (Wildman–Crippen MR) is 119 cm³/mol. The zero-order valence-corrected chi connectivity index (χ0v) is 17.2. The second-order valence-electron chi connectivity index (χ2n) is 7.22. The van der Waals surface area contributed by atoms with Gasteiger partial charge in [0.05, 0.1) is 23.3 Å². The Morgan fingerprint density at radius 3 is 2.52 bits per heavy atom. The zero-order chi connectivity index (χ0) is 20.5. The molecule has 0 saturated carbocycles. The molecular weight excluding hydrogens is 384 g/mol. The van der Waals surface area contributed by atoms with Crippen LogP contribution in [0.25, 0.3) is 22.3 Å². The molecule has 1 atom stereocenters. The molecule has 4 rings (SSSR count). The molecule has 1 N–H and O–H groups in total. The Hall–Kier alpha value is -3.11. The fraction of sp³-hybridized carbons (Fsp3) is 0.167. The molecule has 0 spiro atoms. The number of hydrogen-bond donors (Lipinski definition) is 1. The number of halogens is 1. The van der Waals surface area contributed by atoms with E-state index in [1.165, 1.54) is 0 Å². The van der Waals surface area contributed by atoms with Gasteiger partial charge in [-0.25, -0.2) is 4.98 Å². The number of benzene rings is 2. The topological polar surface area (TPSA) is 55.1 Å². The number of anilines is 1.